The molecule has 4 atom stereocenters. The number of hydrogen-bond acceptors (Lipinski definition) is 6. The fourth-order valence-electron chi connectivity index (χ4n) is 4.25. The summed E-state index contributed by atoms with van der Waals surface area (Å²) in [6.07, 6.45) is 4.05. The Labute approximate surface area is 154 Å². The van der Waals surface area contributed by atoms with Crippen LogP contribution in [-0.4, -0.2) is 68.4 Å². The van der Waals surface area contributed by atoms with Crippen LogP contribution in [0.4, 0.5) is 5.13 Å². The van der Waals surface area contributed by atoms with Crippen molar-refractivity contribution in [2.24, 2.45) is 16.8 Å². The fourth-order valence-corrected chi connectivity index (χ4v) is 4.73. The van der Waals surface area contributed by atoms with E-state index in [1.165, 1.54) is 16.2 Å². The third-order valence-corrected chi connectivity index (χ3v) is 6.11. The number of aliphatic carboxylic acids is 1. The van der Waals surface area contributed by atoms with Gasteiger partial charge in [0, 0.05) is 30.6 Å². The minimum Gasteiger partial charge on any atom is -0.477 e. The molecule has 138 valence electrons. The van der Waals surface area contributed by atoms with E-state index >= 15 is 0 Å². The van der Waals surface area contributed by atoms with E-state index in [1.807, 2.05) is 5.38 Å². The van der Waals surface area contributed by atoms with Gasteiger partial charge in [-0.1, -0.05) is 0 Å². The Morgan fingerprint density at radius 1 is 1.54 bits per heavy atom. The van der Waals surface area contributed by atoms with Gasteiger partial charge in [0.1, 0.15) is 5.70 Å². The van der Waals surface area contributed by atoms with E-state index in [0.717, 1.165) is 18.5 Å². The molecular formula is C17H20N4O4S. The maximum Gasteiger partial charge on any atom is 0.352 e. The van der Waals surface area contributed by atoms with Gasteiger partial charge in [-0.15, -0.1) is 11.3 Å². The Kier molecular flexibility index (Phi) is 4.28. The van der Waals surface area contributed by atoms with Gasteiger partial charge < -0.3 is 20.0 Å². The SMILES string of the molecule is C[C@@H](O)[C@H]1C(=O)N2C(C(=O)O)=C([C@@H]3CCN(/C=N/c4nccs4)C3)C[C@H]12. The number of amides is 1. The first-order chi connectivity index (χ1) is 12.5. The monoisotopic (exact) mass is 376 g/mol. The van der Waals surface area contributed by atoms with Crippen molar-refractivity contribution in [3.63, 3.8) is 0 Å². The number of aromatic nitrogens is 1. The third-order valence-electron chi connectivity index (χ3n) is 5.43. The van der Waals surface area contributed by atoms with Crippen LogP contribution in [0.5, 0.6) is 0 Å². The molecule has 2 saturated heterocycles. The van der Waals surface area contributed by atoms with Crippen molar-refractivity contribution in [2.75, 3.05) is 13.1 Å². The number of thiazole rings is 1. The van der Waals surface area contributed by atoms with Gasteiger partial charge in [-0.25, -0.2) is 14.8 Å². The van der Waals surface area contributed by atoms with Crippen molar-refractivity contribution >= 4 is 34.7 Å². The predicted octanol–water partition coefficient (Wildman–Crippen LogP) is 1.07. The van der Waals surface area contributed by atoms with Crippen molar-refractivity contribution in [1.82, 2.24) is 14.8 Å². The summed E-state index contributed by atoms with van der Waals surface area (Å²) in [7, 11) is 0. The van der Waals surface area contributed by atoms with Crippen molar-refractivity contribution < 1.29 is 19.8 Å². The Morgan fingerprint density at radius 3 is 3.00 bits per heavy atom. The molecule has 1 aromatic rings. The van der Waals surface area contributed by atoms with E-state index in [-0.39, 0.29) is 23.6 Å². The second-order valence-corrected chi connectivity index (χ2v) is 7.84. The molecule has 4 heterocycles. The minimum atomic E-state index is -1.06. The van der Waals surface area contributed by atoms with Gasteiger partial charge >= 0.3 is 5.97 Å². The lowest BCUT2D eigenvalue weighted by Gasteiger charge is -2.44. The van der Waals surface area contributed by atoms with E-state index in [9.17, 15) is 19.8 Å². The number of carbonyl (C=O) groups excluding carboxylic acids is 1. The predicted molar refractivity (Wildman–Crippen MR) is 95.0 cm³/mol. The smallest absolute Gasteiger partial charge is 0.352 e. The van der Waals surface area contributed by atoms with E-state index in [4.69, 9.17) is 0 Å². The number of hydrogen-bond donors (Lipinski definition) is 2. The summed E-state index contributed by atoms with van der Waals surface area (Å²) in [5.74, 6) is -1.75. The Balaban J connectivity index is 1.50. The van der Waals surface area contributed by atoms with Crippen LogP contribution in [0.25, 0.3) is 0 Å². The van der Waals surface area contributed by atoms with Gasteiger partial charge in [-0.3, -0.25) is 4.79 Å². The average molecular weight is 376 g/mol. The minimum absolute atomic E-state index is 0.0805. The van der Waals surface area contributed by atoms with Crippen LogP contribution in [0.15, 0.2) is 27.8 Å². The van der Waals surface area contributed by atoms with Gasteiger partial charge in [-0.05, 0) is 25.3 Å². The Bertz CT molecular complexity index is 789. The molecule has 4 rings (SSSR count). The number of β-lactam (4-membered cyclic amide) rings is 1. The molecule has 0 aromatic carbocycles. The van der Waals surface area contributed by atoms with E-state index in [2.05, 4.69) is 14.9 Å². The molecule has 9 heteroatoms. The molecule has 26 heavy (non-hydrogen) atoms. The first-order valence-corrected chi connectivity index (χ1v) is 9.50. The molecule has 8 nitrogen and oxygen atoms in total. The summed E-state index contributed by atoms with van der Waals surface area (Å²) in [6, 6.07) is -0.221. The number of carbonyl (C=O) groups is 2. The zero-order valence-electron chi connectivity index (χ0n) is 14.3. The van der Waals surface area contributed by atoms with E-state index in [0.29, 0.717) is 18.1 Å². The van der Waals surface area contributed by atoms with Crippen molar-refractivity contribution in [3.8, 4) is 0 Å². The van der Waals surface area contributed by atoms with Gasteiger partial charge in [0.15, 0.2) is 0 Å². The molecule has 0 aliphatic carbocycles. The van der Waals surface area contributed by atoms with Gasteiger partial charge in [0.05, 0.1) is 24.4 Å². The Hall–Kier alpha value is -2.26. The maximum absolute atomic E-state index is 12.3. The maximum atomic E-state index is 12.3. The molecule has 0 radical (unpaired) electrons. The number of aliphatic hydroxyl groups excluding tert-OH is 1. The standard InChI is InChI=1S/C17H20N4O4S/c1-9(22)13-12-6-11(14(16(24)25)21(12)15(13)23)10-2-4-20(7-10)8-19-17-18-3-5-26-17/h3,5,8-10,12-13,22H,2,4,6-7H2,1H3,(H,24,25)/b19-8+/t9-,10-,12-,13-/m1/s1. The van der Waals surface area contributed by atoms with Crippen molar-refractivity contribution in [2.45, 2.75) is 31.9 Å². The highest BCUT2D eigenvalue weighted by Crippen LogP contribution is 2.47. The molecule has 0 saturated carbocycles. The highest BCUT2D eigenvalue weighted by Gasteiger charge is 2.57. The van der Waals surface area contributed by atoms with E-state index < -0.39 is 18.0 Å². The average Bonchev–Trinajstić information content (AvgIpc) is 3.30. The van der Waals surface area contributed by atoms with Crippen LogP contribution in [0.2, 0.25) is 0 Å². The summed E-state index contributed by atoms with van der Waals surface area (Å²) in [5, 5.41) is 22.0. The molecule has 1 amide bonds. The summed E-state index contributed by atoms with van der Waals surface area (Å²) in [6.45, 7) is 3.05. The highest BCUT2D eigenvalue weighted by atomic mass is 32.1. The normalized spacial score (nSPS) is 29.5. The largest absolute Gasteiger partial charge is 0.477 e. The summed E-state index contributed by atoms with van der Waals surface area (Å²) < 4.78 is 0. The molecular weight excluding hydrogens is 356 g/mol. The first-order valence-electron chi connectivity index (χ1n) is 8.62. The molecule has 1 aromatic heterocycles. The van der Waals surface area contributed by atoms with Crippen LogP contribution < -0.4 is 0 Å². The third kappa shape index (κ3) is 2.71. The van der Waals surface area contributed by atoms with Gasteiger partial charge in [0.2, 0.25) is 11.0 Å². The number of rotatable bonds is 5. The topological polar surface area (TPSA) is 106 Å². The van der Waals surface area contributed by atoms with Crippen LogP contribution in [0.1, 0.15) is 19.8 Å². The van der Waals surface area contributed by atoms with Gasteiger partial charge in [0.25, 0.3) is 0 Å². The zero-order chi connectivity index (χ0) is 18.4. The fraction of sp³-hybridized carbons (Fsp3) is 0.529. The Morgan fingerprint density at radius 2 is 2.35 bits per heavy atom. The summed E-state index contributed by atoms with van der Waals surface area (Å²) >= 11 is 1.46. The molecule has 3 aliphatic rings. The summed E-state index contributed by atoms with van der Waals surface area (Å²) in [5.41, 5.74) is 0.949. The van der Waals surface area contributed by atoms with Gasteiger partial charge in [-0.2, -0.15) is 0 Å². The number of carboxylic acids is 1. The number of fused-ring (bicyclic) bond motifs is 1. The first kappa shape index (κ1) is 17.2. The van der Waals surface area contributed by atoms with Crippen molar-refractivity contribution in [3.05, 3.63) is 22.8 Å². The number of aliphatic hydroxyl groups is 1. The molecule has 0 bridgehead atoms. The lowest BCUT2D eigenvalue weighted by atomic mass is 9.82. The lowest BCUT2D eigenvalue weighted by molar-refractivity contribution is -0.161. The second-order valence-electron chi connectivity index (χ2n) is 6.96. The van der Waals surface area contributed by atoms with Crippen molar-refractivity contribution in [1.29, 1.82) is 0 Å². The van der Waals surface area contributed by atoms with Crippen LogP contribution in [0, 0.1) is 11.8 Å². The molecule has 0 unspecified atom stereocenters. The quantitative estimate of drug-likeness (QED) is 0.452. The van der Waals surface area contributed by atoms with E-state index in [1.54, 1.807) is 19.5 Å². The molecule has 2 N–H and O–H groups in total. The summed E-state index contributed by atoms with van der Waals surface area (Å²) in [4.78, 5) is 35.9. The zero-order valence-corrected chi connectivity index (χ0v) is 15.1. The lowest BCUT2D eigenvalue weighted by Crippen LogP contribution is -2.61. The molecule has 2 fully saturated rings. The molecule has 0 spiro atoms. The number of carboxylic acid groups (broad SMARTS) is 1. The van der Waals surface area contributed by atoms with Crippen LogP contribution >= 0.6 is 11.3 Å². The second kappa shape index (κ2) is 6.48. The number of nitrogens with zero attached hydrogens (tertiary/aromatic N) is 4. The molecule has 3 aliphatic heterocycles. The number of aliphatic imine (C=N–C) groups is 1. The number of likely N-dealkylation sites (tertiary alicyclic amines) is 1. The highest BCUT2D eigenvalue weighted by molar-refractivity contribution is 7.13. The van der Waals surface area contributed by atoms with Crippen LogP contribution in [0.3, 0.4) is 0 Å². The van der Waals surface area contributed by atoms with Crippen LogP contribution in [-0.2, 0) is 9.59 Å².